The van der Waals surface area contributed by atoms with Crippen LogP contribution in [-0.2, 0) is 6.54 Å². The predicted octanol–water partition coefficient (Wildman–Crippen LogP) is 4.78. The third kappa shape index (κ3) is 3.06. The molecule has 0 aromatic carbocycles. The largest absolute Gasteiger partial charge is 0.334 e. The summed E-state index contributed by atoms with van der Waals surface area (Å²) in [7, 11) is 0. The number of halogens is 2. The Bertz CT molecular complexity index is 536. The van der Waals surface area contributed by atoms with Crippen LogP contribution in [0.3, 0.4) is 0 Å². The average Bonchev–Trinajstić information content (AvgIpc) is 2.95. The lowest BCUT2D eigenvalue weighted by Crippen LogP contribution is -2.29. The van der Waals surface area contributed by atoms with E-state index in [0.717, 1.165) is 4.88 Å². The van der Waals surface area contributed by atoms with Crippen molar-refractivity contribution in [3.63, 3.8) is 0 Å². The highest BCUT2D eigenvalue weighted by molar-refractivity contribution is 7.20. The minimum Gasteiger partial charge on any atom is -0.334 e. The van der Waals surface area contributed by atoms with Gasteiger partial charge in [-0.3, -0.25) is 4.79 Å². The zero-order valence-corrected chi connectivity index (χ0v) is 12.8. The van der Waals surface area contributed by atoms with Crippen LogP contribution < -0.4 is 0 Å². The fourth-order valence-corrected chi connectivity index (χ4v) is 3.74. The van der Waals surface area contributed by atoms with Crippen molar-refractivity contribution in [2.45, 2.75) is 13.5 Å². The van der Waals surface area contributed by atoms with Crippen LogP contribution in [0, 0.1) is 0 Å². The SMILES string of the molecule is CCN(Cc1cccs1)C(=O)c1cc(Cl)sc1Cl. The standard InChI is InChI=1S/C12H11Cl2NOS2/c1-2-15(7-8-4-3-5-17-8)12(16)9-6-10(13)18-11(9)14/h3-6H,2,7H2,1H3. The molecule has 0 atom stereocenters. The van der Waals surface area contributed by atoms with E-state index in [1.807, 2.05) is 24.4 Å². The van der Waals surface area contributed by atoms with Crippen LogP contribution in [-0.4, -0.2) is 17.4 Å². The molecule has 0 saturated carbocycles. The zero-order chi connectivity index (χ0) is 13.1. The average molecular weight is 320 g/mol. The van der Waals surface area contributed by atoms with Gasteiger partial charge in [0, 0.05) is 11.4 Å². The fourth-order valence-electron chi connectivity index (χ4n) is 1.57. The van der Waals surface area contributed by atoms with Crippen molar-refractivity contribution in [3.05, 3.63) is 42.7 Å². The van der Waals surface area contributed by atoms with Gasteiger partial charge in [0.2, 0.25) is 0 Å². The van der Waals surface area contributed by atoms with Crippen molar-refractivity contribution in [2.24, 2.45) is 0 Å². The Morgan fingerprint density at radius 1 is 1.44 bits per heavy atom. The molecule has 1 amide bonds. The van der Waals surface area contributed by atoms with Gasteiger partial charge >= 0.3 is 0 Å². The van der Waals surface area contributed by atoms with Gasteiger partial charge in [-0.25, -0.2) is 0 Å². The minimum absolute atomic E-state index is 0.0703. The third-order valence-electron chi connectivity index (χ3n) is 2.48. The van der Waals surface area contributed by atoms with Gasteiger partial charge in [-0.15, -0.1) is 22.7 Å². The van der Waals surface area contributed by atoms with Crippen LogP contribution in [0.25, 0.3) is 0 Å². The zero-order valence-electron chi connectivity index (χ0n) is 9.65. The van der Waals surface area contributed by atoms with E-state index in [1.165, 1.54) is 11.3 Å². The molecule has 0 fully saturated rings. The lowest BCUT2D eigenvalue weighted by atomic mass is 10.3. The first-order chi connectivity index (χ1) is 8.61. The summed E-state index contributed by atoms with van der Waals surface area (Å²) in [6, 6.07) is 5.63. The molecular formula is C12H11Cl2NOS2. The molecule has 0 N–H and O–H groups in total. The second-order valence-electron chi connectivity index (χ2n) is 3.64. The van der Waals surface area contributed by atoms with E-state index in [2.05, 4.69) is 0 Å². The smallest absolute Gasteiger partial charge is 0.256 e. The van der Waals surface area contributed by atoms with E-state index >= 15 is 0 Å². The Morgan fingerprint density at radius 3 is 2.72 bits per heavy atom. The molecule has 0 aliphatic carbocycles. The summed E-state index contributed by atoms with van der Waals surface area (Å²) in [5.74, 6) is -0.0703. The Balaban J connectivity index is 2.17. The molecule has 0 radical (unpaired) electrons. The Hall–Kier alpha value is -0.550. The lowest BCUT2D eigenvalue weighted by molar-refractivity contribution is 0.0755. The molecule has 0 aliphatic heterocycles. The summed E-state index contributed by atoms with van der Waals surface area (Å²) < 4.78 is 0.991. The number of carbonyl (C=O) groups excluding carboxylic acids is 1. The van der Waals surface area contributed by atoms with Gasteiger partial charge in [0.05, 0.1) is 16.4 Å². The lowest BCUT2D eigenvalue weighted by Gasteiger charge is -2.19. The highest BCUT2D eigenvalue weighted by Crippen LogP contribution is 2.32. The summed E-state index contributed by atoms with van der Waals surface area (Å²) >= 11 is 14.7. The van der Waals surface area contributed by atoms with Crippen molar-refractivity contribution in [1.29, 1.82) is 0 Å². The van der Waals surface area contributed by atoms with Crippen LogP contribution in [0.2, 0.25) is 8.67 Å². The summed E-state index contributed by atoms with van der Waals surface area (Å²) in [6.45, 7) is 3.20. The third-order valence-corrected chi connectivity index (χ3v) is 4.83. The molecule has 0 unspecified atom stereocenters. The van der Waals surface area contributed by atoms with Gasteiger partial charge in [-0.05, 0) is 24.4 Å². The van der Waals surface area contributed by atoms with E-state index in [9.17, 15) is 4.79 Å². The van der Waals surface area contributed by atoms with Crippen molar-refractivity contribution in [1.82, 2.24) is 4.90 Å². The number of hydrogen-bond donors (Lipinski definition) is 0. The van der Waals surface area contributed by atoms with Crippen molar-refractivity contribution in [3.8, 4) is 0 Å². The van der Waals surface area contributed by atoms with Crippen molar-refractivity contribution < 1.29 is 4.79 Å². The van der Waals surface area contributed by atoms with E-state index in [1.54, 1.807) is 22.3 Å². The molecule has 2 nitrogen and oxygen atoms in total. The first-order valence-corrected chi connectivity index (χ1v) is 7.83. The van der Waals surface area contributed by atoms with Crippen LogP contribution in [0.15, 0.2) is 23.6 Å². The number of rotatable bonds is 4. The Morgan fingerprint density at radius 2 is 2.22 bits per heavy atom. The van der Waals surface area contributed by atoms with E-state index < -0.39 is 0 Å². The second-order valence-corrected chi connectivity index (χ2v) is 6.95. The quantitative estimate of drug-likeness (QED) is 0.794. The molecule has 2 heterocycles. The van der Waals surface area contributed by atoms with E-state index in [0.29, 0.717) is 27.3 Å². The highest BCUT2D eigenvalue weighted by Gasteiger charge is 2.20. The molecule has 2 aromatic heterocycles. The molecule has 96 valence electrons. The van der Waals surface area contributed by atoms with Gasteiger partial charge < -0.3 is 4.90 Å². The first-order valence-electron chi connectivity index (χ1n) is 5.38. The fraction of sp³-hybridized carbons (Fsp3) is 0.250. The molecule has 18 heavy (non-hydrogen) atoms. The topological polar surface area (TPSA) is 20.3 Å². The molecule has 0 spiro atoms. The summed E-state index contributed by atoms with van der Waals surface area (Å²) in [4.78, 5) is 15.2. The maximum Gasteiger partial charge on any atom is 0.256 e. The number of thiophene rings is 2. The molecule has 0 bridgehead atoms. The van der Waals surface area contributed by atoms with Crippen molar-refractivity contribution >= 4 is 51.8 Å². The molecule has 0 saturated heterocycles. The maximum atomic E-state index is 12.3. The second kappa shape index (κ2) is 6.06. The molecule has 0 aliphatic rings. The Kier molecular flexibility index (Phi) is 4.67. The monoisotopic (exact) mass is 319 g/mol. The van der Waals surface area contributed by atoms with Crippen LogP contribution >= 0.6 is 45.9 Å². The number of hydrogen-bond acceptors (Lipinski definition) is 3. The van der Waals surface area contributed by atoms with Gasteiger partial charge in [0.15, 0.2) is 0 Å². The predicted molar refractivity (Wildman–Crippen MR) is 79.1 cm³/mol. The first kappa shape index (κ1) is 13.9. The maximum absolute atomic E-state index is 12.3. The molecular weight excluding hydrogens is 309 g/mol. The van der Waals surface area contributed by atoms with Gasteiger partial charge in [0.1, 0.15) is 4.34 Å². The molecule has 2 rings (SSSR count). The Labute approximate surface area is 124 Å². The summed E-state index contributed by atoms with van der Waals surface area (Å²) in [5.41, 5.74) is 0.491. The normalized spacial score (nSPS) is 10.6. The van der Waals surface area contributed by atoms with Gasteiger partial charge in [0.25, 0.3) is 5.91 Å². The number of carbonyl (C=O) groups is 1. The van der Waals surface area contributed by atoms with Gasteiger partial charge in [-0.1, -0.05) is 29.3 Å². The summed E-state index contributed by atoms with van der Waals surface area (Å²) in [5, 5.41) is 2.00. The minimum atomic E-state index is -0.0703. The molecule has 6 heteroatoms. The highest BCUT2D eigenvalue weighted by atomic mass is 35.5. The van der Waals surface area contributed by atoms with E-state index in [-0.39, 0.29) is 5.91 Å². The number of amides is 1. The molecule has 2 aromatic rings. The van der Waals surface area contributed by atoms with Crippen molar-refractivity contribution in [2.75, 3.05) is 6.54 Å². The van der Waals surface area contributed by atoms with Gasteiger partial charge in [-0.2, -0.15) is 0 Å². The van der Waals surface area contributed by atoms with Crippen LogP contribution in [0.4, 0.5) is 0 Å². The van der Waals surface area contributed by atoms with E-state index in [4.69, 9.17) is 23.2 Å². The summed E-state index contributed by atoms with van der Waals surface area (Å²) in [6.07, 6.45) is 0. The number of nitrogens with zero attached hydrogens (tertiary/aromatic N) is 1. The van der Waals surface area contributed by atoms with Crippen LogP contribution in [0.5, 0.6) is 0 Å². The van der Waals surface area contributed by atoms with Crippen LogP contribution in [0.1, 0.15) is 22.2 Å².